The monoisotopic (exact) mass is 822 g/mol. The van der Waals surface area contributed by atoms with Gasteiger partial charge >= 0.3 is 17.6 Å². The van der Waals surface area contributed by atoms with Crippen molar-refractivity contribution in [3.8, 4) is 22.6 Å². The summed E-state index contributed by atoms with van der Waals surface area (Å²) in [4.78, 5) is 0. The third kappa shape index (κ3) is 10.5. The second kappa shape index (κ2) is 21.8. The first-order valence-corrected chi connectivity index (χ1v) is 25.2. The molecule has 0 saturated carbocycles. The molecule has 0 spiro atoms. The molecule has 8 nitrogen and oxygen atoms in total. The summed E-state index contributed by atoms with van der Waals surface area (Å²) in [6.45, 7) is 1.35. The van der Waals surface area contributed by atoms with Crippen LogP contribution in [0.15, 0.2) is 97.1 Å². The van der Waals surface area contributed by atoms with Crippen LogP contribution in [0.4, 0.5) is 0 Å². The molecule has 0 atom stereocenters. The molecule has 5 rings (SSSR count). The van der Waals surface area contributed by atoms with Crippen molar-refractivity contribution in [1.29, 1.82) is 0 Å². The van der Waals surface area contributed by atoms with Gasteiger partial charge in [-0.15, -0.1) is 0 Å². The normalized spacial score (nSPS) is 13.4. The molecule has 4 aromatic rings. The van der Waals surface area contributed by atoms with Gasteiger partial charge in [-0.1, -0.05) is 72.8 Å². The van der Waals surface area contributed by atoms with E-state index in [0.717, 1.165) is 72.3 Å². The maximum absolute atomic E-state index is 6.23. The van der Waals surface area contributed by atoms with E-state index >= 15 is 0 Å². The molecule has 1 aliphatic carbocycles. The molecule has 1 aliphatic rings. The Hall–Kier alpha value is -2.63. The lowest BCUT2D eigenvalue weighted by Crippen LogP contribution is -2.42. The molecule has 0 bridgehead atoms. The van der Waals surface area contributed by atoms with Crippen LogP contribution in [-0.4, -0.2) is 96.5 Å². The summed E-state index contributed by atoms with van der Waals surface area (Å²) in [7, 11) is 5.04. The van der Waals surface area contributed by atoms with E-state index in [1.54, 1.807) is 42.7 Å². The third-order valence-electron chi connectivity index (χ3n) is 10.3. The first kappa shape index (κ1) is 43.5. The number of hydrogen-bond donors (Lipinski definition) is 0. The van der Waals surface area contributed by atoms with Gasteiger partial charge in [0.2, 0.25) is 0 Å². The number of ether oxygens (including phenoxy) is 2. The molecular weight excluding hydrogens is 765 g/mol. The molecule has 0 heterocycles. The zero-order chi connectivity index (χ0) is 39.0. The van der Waals surface area contributed by atoms with Crippen LogP contribution in [0.1, 0.15) is 47.9 Å². The van der Waals surface area contributed by atoms with Crippen LogP contribution in [0, 0.1) is 0 Å². The molecule has 0 saturated heterocycles. The molecular formula is C43H58O8S2Si2. The van der Waals surface area contributed by atoms with Crippen molar-refractivity contribution in [3.05, 3.63) is 119 Å². The molecule has 12 heteroatoms. The maximum atomic E-state index is 6.23. The predicted octanol–water partition coefficient (Wildman–Crippen LogP) is 9.59. The highest BCUT2D eigenvalue weighted by Gasteiger charge is 2.46. The lowest BCUT2D eigenvalue weighted by Gasteiger charge is -2.34. The highest BCUT2D eigenvalue weighted by Crippen LogP contribution is 2.56. The number of fused-ring (bicyclic) bond motifs is 3. The second-order valence-electron chi connectivity index (χ2n) is 13.3. The van der Waals surface area contributed by atoms with Gasteiger partial charge in [-0.2, -0.15) is 23.5 Å². The van der Waals surface area contributed by atoms with Gasteiger partial charge in [-0.05, 0) is 106 Å². The number of hydrogen-bond acceptors (Lipinski definition) is 10. The number of benzene rings is 4. The van der Waals surface area contributed by atoms with Crippen LogP contribution in [0.5, 0.6) is 11.5 Å². The fourth-order valence-electron chi connectivity index (χ4n) is 7.43. The molecule has 0 fully saturated rings. The van der Waals surface area contributed by atoms with E-state index in [1.165, 1.54) is 33.4 Å². The smallest absolute Gasteiger partial charge is 0.494 e. The van der Waals surface area contributed by atoms with E-state index in [4.69, 9.17) is 36.0 Å². The van der Waals surface area contributed by atoms with E-state index in [2.05, 4.69) is 97.1 Å². The van der Waals surface area contributed by atoms with Gasteiger partial charge < -0.3 is 36.0 Å². The van der Waals surface area contributed by atoms with Gasteiger partial charge in [0.15, 0.2) is 0 Å². The van der Waals surface area contributed by atoms with Gasteiger partial charge in [0.25, 0.3) is 0 Å². The first-order chi connectivity index (χ1) is 26.9. The SMILES string of the molecule is CO[Si](CCCSCCCOc1ccc(C2(c3ccc(OCCCSCCC[Si](OC)(OC)OC)cc3)c3ccccc3-c3ccccc32)cc1)(OC)OC. The zero-order valence-corrected chi connectivity index (χ0v) is 36.9. The Morgan fingerprint density at radius 2 is 0.782 bits per heavy atom. The topological polar surface area (TPSA) is 73.8 Å². The highest BCUT2D eigenvalue weighted by atomic mass is 32.2. The number of rotatable bonds is 26. The van der Waals surface area contributed by atoms with E-state index < -0.39 is 23.0 Å². The zero-order valence-electron chi connectivity index (χ0n) is 33.3. The largest absolute Gasteiger partial charge is 0.500 e. The molecule has 0 amide bonds. The molecule has 0 aromatic heterocycles. The Kier molecular flexibility index (Phi) is 17.2. The van der Waals surface area contributed by atoms with Crippen molar-refractivity contribution in [2.24, 2.45) is 0 Å². The average molecular weight is 823 g/mol. The predicted molar refractivity (Wildman–Crippen MR) is 231 cm³/mol. The van der Waals surface area contributed by atoms with Crippen LogP contribution >= 0.6 is 23.5 Å². The van der Waals surface area contributed by atoms with Gasteiger partial charge in [0, 0.05) is 54.7 Å². The molecule has 0 aliphatic heterocycles. The van der Waals surface area contributed by atoms with Gasteiger partial charge in [-0.3, -0.25) is 0 Å². The molecule has 0 unspecified atom stereocenters. The van der Waals surface area contributed by atoms with Crippen LogP contribution in [0.3, 0.4) is 0 Å². The fraction of sp³-hybridized carbons (Fsp3) is 0.442. The van der Waals surface area contributed by atoms with E-state index in [9.17, 15) is 0 Å². The standard InChI is InChI=1S/C43H58O8S2Si2/c1-44-54(45-2,46-3)33-13-31-52-29-11-27-50-37-23-19-35(20-24-37)43(41-17-9-7-15-39(41)40-16-8-10-18-42(40)43)36-21-25-38(26-22-36)51-28-12-30-53-32-14-34-55(47-4,48-5)49-6/h7-10,15-26H,11-14,27-34H2,1-6H3. The minimum Gasteiger partial charge on any atom is -0.494 e. The summed E-state index contributed by atoms with van der Waals surface area (Å²) in [6.07, 6.45) is 3.96. The summed E-state index contributed by atoms with van der Waals surface area (Å²) < 4.78 is 45.7. The molecule has 4 aromatic carbocycles. The highest BCUT2D eigenvalue weighted by molar-refractivity contribution is 7.99. The molecule has 55 heavy (non-hydrogen) atoms. The molecule has 0 radical (unpaired) electrons. The van der Waals surface area contributed by atoms with Crippen LogP contribution < -0.4 is 9.47 Å². The van der Waals surface area contributed by atoms with Crippen molar-refractivity contribution >= 4 is 41.1 Å². The molecule has 298 valence electrons. The molecule has 0 N–H and O–H groups in total. The third-order valence-corrected chi connectivity index (χ3v) is 18.3. The van der Waals surface area contributed by atoms with E-state index in [0.29, 0.717) is 13.2 Å². The van der Waals surface area contributed by atoms with Crippen LogP contribution in [0.25, 0.3) is 11.1 Å². The summed E-state index contributed by atoms with van der Waals surface area (Å²) in [5.74, 6) is 5.93. The van der Waals surface area contributed by atoms with Gasteiger partial charge in [-0.25, -0.2) is 0 Å². The van der Waals surface area contributed by atoms with Crippen molar-refractivity contribution in [1.82, 2.24) is 0 Å². The van der Waals surface area contributed by atoms with Crippen molar-refractivity contribution < 1.29 is 36.0 Å². The van der Waals surface area contributed by atoms with Crippen molar-refractivity contribution in [2.75, 3.05) is 78.9 Å². The van der Waals surface area contributed by atoms with E-state index in [-0.39, 0.29) is 0 Å². The Morgan fingerprint density at radius 1 is 0.436 bits per heavy atom. The van der Waals surface area contributed by atoms with Gasteiger partial charge in [0.05, 0.1) is 18.6 Å². The number of thioether (sulfide) groups is 2. The second-order valence-corrected chi connectivity index (χ2v) is 21.9. The Bertz CT molecular complexity index is 1580. The maximum Gasteiger partial charge on any atom is 0.500 e. The van der Waals surface area contributed by atoms with Crippen LogP contribution in [0.2, 0.25) is 12.1 Å². The fourth-order valence-corrected chi connectivity index (χ4v) is 13.1. The lowest BCUT2D eigenvalue weighted by atomic mass is 9.68. The van der Waals surface area contributed by atoms with Gasteiger partial charge in [0.1, 0.15) is 11.5 Å². The summed E-state index contributed by atoms with van der Waals surface area (Å²) in [6, 6.07) is 36.7. The quantitative estimate of drug-likeness (QED) is 0.0398. The lowest BCUT2D eigenvalue weighted by molar-refractivity contribution is 0.123. The minimum atomic E-state index is -2.49. The van der Waals surface area contributed by atoms with Crippen molar-refractivity contribution in [2.45, 2.75) is 43.2 Å². The first-order valence-electron chi connectivity index (χ1n) is 19.1. The Balaban J connectivity index is 1.20. The summed E-state index contributed by atoms with van der Waals surface area (Å²) >= 11 is 3.86. The van der Waals surface area contributed by atoms with Crippen molar-refractivity contribution in [3.63, 3.8) is 0 Å². The average Bonchev–Trinajstić information content (AvgIpc) is 3.54. The van der Waals surface area contributed by atoms with Crippen LogP contribution in [-0.2, 0) is 32.0 Å². The summed E-state index contributed by atoms with van der Waals surface area (Å²) in [5, 5.41) is 0. The Labute approximate surface area is 339 Å². The minimum absolute atomic E-state index is 0.471. The summed E-state index contributed by atoms with van der Waals surface area (Å²) in [5.41, 5.74) is 7.07. The Morgan fingerprint density at radius 3 is 1.15 bits per heavy atom. The van der Waals surface area contributed by atoms with E-state index in [1.807, 2.05) is 23.5 Å².